The number of para-hydroxylation sites is 1. The zero-order chi connectivity index (χ0) is 12.4. The molecule has 0 radical (unpaired) electrons. The van der Waals surface area contributed by atoms with Crippen molar-refractivity contribution in [2.45, 2.75) is 6.42 Å². The highest BCUT2D eigenvalue weighted by Gasteiger charge is 2.09. The van der Waals surface area contributed by atoms with E-state index in [-0.39, 0.29) is 12.0 Å². The van der Waals surface area contributed by atoms with E-state index in [4.69, 9.17) is 16.7 Å². The number of carbonyl (C=O) groups is 1. The molecule has 0 bridgehead atoms. The lowest BCUT2D eigenvalue weighted by Crippen LogP contribution is -2.13. The van der Waals surface area contributed by atoms with E-state index in [1.165, 1.54) is 10.7 Å². The van der Waals surface area contributed by atoms with Crippen molar-refractivity contribution in [3.63, 3.8) is 0 Å². The van der Waals surface area contributed by atoms with E-state index in [1.54, 1.807) is 24.3 Å². The van der Waals surface area contributed by atoms with Crippen LogP contribution in [-0.4, -0.2) is 20.9 Å². The predicted octanol–water partition coefficient (Wildman–Crippen LogP) is 1.45. The van der Waals surface area contributed by atoms with Gasteiger partial charge in [-0.25, -0.2) is 4.68 Å². The van der Waals surface area contributed by atoms with Crippen LogP contribution in [0.2, 0.25) is 5.02 Å². The van der Waals surface area contributed by atoms with E-state index in [2.05, 4.69) is 5.10 Å². The molecule has 88 valence electrons. The third-order valence-electron chi connectivity index (χ3n) is 2.21. The minimum absolute atomic E-state index is 0.229. The lowest BCUT2D eigenvalue weighted by molar-refractivity contribution is -0.136. The van der Waals surface area contributed by atoms with Crippen LogP contribution in [-0.2, 0) is 11.2 Å². The summed E-state index contributed by atoms with van der Waals surface area (Å²) in [7, 11) is 0. The Morgan fingerprint density at radius 1 is 1.41 bits per heavy atom. The van der Waals surface area contributed by atoms with Crippen LogP contribution in [0.1, 0.15) is 5.69 Å². The van der Waals surface area contributed by atoms with Crippen molar-refractivity contribution in [2.75, 3.05) is 0 Å². The second-order valence-corrected chi connectivity index (χ2v) is 3.88. The zero-order valence-corrected chi connectivity index (χ0v) is 9.44. The summed E-state index contributed by atoms with van der Waals surface area (Å²) < 4.78 is 1.22. The number of benzene rings is 1. The van der Waals surface area contributed by atoms with E-state index in [1.807, 2.05) is 0 Å². The van der Waals surface area contributed by atoms with E-state index in [0.717, 1.165) is 0 Å². The van der Waals surface area contributed by atoms with Gasteiger partial charge in [0, 0.05) is 11.8 Å². The van der Waals surface area contributed by atoms with Gasteiger partial charge in [0.1, 0.15) is 0 Å². The minimum atomic E-state index is -1.00. The predicted molar refractivity (Wildman–Crippen MR) is 62.7 cm³/mol. The van der Waals surface area contributed by atoms with Crippen molar-refractivity contribution >= 4 is 17.6 Å². The molecule has 1 heterocycles. The Morgan fingerprint density at radius 3 is 2.76 bits per heavy atom. The molecule has 0 fully saturated rings. The number of aliphatic carboxylic acids is 1. The number of halogens is 1. The Morgan fingerprint density at radius 2 is 2.12 bits per heavy atom. The smallest absolute Gasteiger partial charge is 0.309 e. The standard InChI is InChI=1S/C11H9ClN2O3/c12-8-3-1-2-4-9(8)14-10(15)5-7(13-14)6-11(16)17/h1-5,13H,6H2,(H,16,17). The first-order valence-electron chi connectivity index (χ1n) is 4.85. The van der Waals surface area contributed by atoms with Crippen molar-refractivity contribution in [1.29, 1.82) is 0 Å². The highest BCUT2D eigenvalue weighted by atomic mass is 35.5. The molecule has 0 saturated heterocycles. The Bertz CT molecular complexity index is 615. The fourth-order valence-electron chi connectivity index (χ4n) is 1.51. The largest absolute Gasteiger partial charge is 0.481 e. The Hall–Kier alpha value is -2.01. The number of carboxylic acid groups (broad SMARTS) is 1. The Kier molecular flexibility index (Phi) is 3.01. The SMILES string of the molecule is O=C(O)Cc1cc(=O)n(-c2ccccc2Cl)[nH]1. The van der Waals surface area contributed by atoms with Gasteiger partial charge in [-0.2, -0.15) is 0 Å². The molecule has 17 heavy (non-hydrogen) atoms. The van der Waals surface area contributed by atoms with Gasteiger partial charge < -0.3 is 5.11 Å². The molecule has 0 saturated carbocycles. The van der Waals surface area contributed by atoms with Gasteiger partial charge in [0.25, 0.3) is 5.56 Å². The molecule has 6 heteroatoms. The molecule has 2 N–H and O–H groups in total. The molecular weight excluding hydrogens is 244 g/mol. The topological polar surface area (TPSA) is 75.1 Å². The van der Waals surface area contributed by atoms with Gasteiger partial charge in [-0.05, 0) is 12.1 Å². The number of hydrogen-bond donors (Lipinski definition) is 2. The summed E-state index contributed by atoms with van der Waals surface area (Å²) in [6.07, 6.45) is -0.229. The number of rotatable bonds is 3. The molecule has 0 unspecified atom stereocenters. The summed E-state index contributed by atoms with van der Waals surface area (Å²) in [6.45, 7) is 0. The molecule has 1 aromatic carbocycles. The number of H-pyrrole nitrogens is 1. The summed E-state index contributed by atoms with van der Waals surface area (Å²) >= 11 is 5.95. The molecule has 0 atom stereocenters. The number of aromatic nitrogens is 2. The number of carboxylic acids is 1. The fourth-order valence-corrected chi connectivity index (χ4v) is 1.73. The van der Waals surface area contributed by atoms with Gasteiger partial charge in [0.15, 0.2) is 0 Å². The normalized spacial score (nSPS) is 10.4. The summed E-state index contributed by atoms with van der Waals surface area (Å²) in [6, 6.07) is 8.06. The first-order chi connectivity index (χ1) is 8.08. The Labute approximate surface area is 101 Å². The molecule has 0 amide bonds. The maximum atomic E-state index is 11.7. The second kappa shape index (κ2) is 4.47. The second-order valence-electron chi connectivity index (χ2n) is 3.48. The average Bonchev–Trinajstić information content (AvgIpc) is 2.59. The molecule has 0 aliphatic carbocycles. The zero-order valence-electron chi connectivity index (χ0n) is 8.68. The van der Waals surface area contributed by atoms with Crippen LogP contribution in [0.15, 0.2) is 35.1 Å². The van der Waals surface area contributed by atoms with Gasteiger partial charge in [-0.3, -0.25) is 14.7 Å². The van der Waals surface area contributed by atoms with Crippen LogP contribution < -0.4 is 5.56 Å². The van der Waals surface area contributed by atoms with Crippen LogP contribution >= 0.6 is 11.6 Å². The van der Waals surface area contributed by atoms with E-state index >= 15 is 0 Å². The van der Waals surface area contributed by atoms with E-state index < -0.39 is 5.97 Å². The molecule has 2 rings (SSSR count). The lowest BCUT2D eigenvalue weighted by Gasteiger charge is -2.03. The minimum Gasteiger partial charge on any atom is -0.481 e. The summed E-state index contributed by atoms with van der Waals surface area (Å²) in [5.41, 5.74) is 0.493. The van der Waals surface area contributed by atoms with Crippen molar-refractivity contribution in [3.05, 3.63) is 51.4 Å². The summed E-state index contributed by atoms with van der Waals surface area (Å²) in [5.74, 6) is -1.00. The first-order valence-corrected chi connectivity index (χ1v) is 5.23. The van der Waals surface area contributed by atoms with E-state index in [0.29, 0.717) is 16.4 Å². The first kappa shape index (κ1) is 11.5. The molecule has 2 aromatic rings. The molecule has 5 nitrogen and oxygen atoms in total. The molecule has 0 aliphatic heterocycles. The number of nitrogens with zero attached hydrogens (tertiary/aromatic N) is 1. The molecular formula is C11H9ClN2O3. The van der Waals surface area contributed by atoms with Crippen LogP contribution in [0.3, 0.4) is 0 Å². The van der Waals surface area contributed by atoms with Crippen LogP contribution in [0, 0.1) is 0 Å². The number of aromatic amines is 1. The van der Waals surface area contributed by atoms with Gasteiger partial charge in [0.2, 0.25) is 0 Å². The number of nitrogens with one attached hydrogen (secondary N) is 1. The van der Waals surface area contributed by atoms with Crippen molar-refractivity contribution in [1.82, 2.24) is 9.78 Å². The summed E-state index contributed by atoms with van der Waals surface area (Å²) in [5, 5.41) is 11.8. The van der Waals surface area contributed by atoms with Crippen molar-refractivity contribution < 1.29 is 9.90 Å². The fraction of sp³-hybridized carbons (Fsp3) is 0.0909. The van der Waals surface area contributed by atoms with Crippen LogP contribution in [0.4, 0.5) is 0 Å². The highest BCUT2D eigenvalue weighted by molar-refractivity contribution is 6.32. The highest BCUT2D eigenvalue weighted by Crippen LogP contribution is 2.17. The maximum Gasteiger partial charge on any atom is 0.309 e. The van der Waals surface area contributed by atoms with Gasteiger partial charge in [-0.15, -0.1) is 0 Å². The molecule has 0 aliphatic rings. The summed E-state index contributed by atoms with van der Waals surface area (Å²) in [4.78, 5) is 22.2. The monoisotopic (exact) mass is 252 g/mol. The van der Waals surface area contributed by atoms with Gasteiger partial charge in [-0.1, -0.05) is 23.7 Å². The number of hydrogen-bond acceptors (Lipinski definition) is 2. The van der Waals surface area contributed by atoms with Crippen molar-refractivity contribution in [2.24, 2.45) is 0 Å². The van der Waals surface area contributed by atoms with Crippen LogP contribution in [0.25, 0.3) is 5.69 Å². The van der Waals surface area contributed by atoms with Gasteiger partial charge in [0.05, 0.1) is 17.1 Å². The third kappa shape index (κ3) is 2.39. The lowest BCUT2D eigenvalue weighted by atomic mass is 10.3. The maximum absolute atomic E-state index is 11.7. The quantitative estimate of drug-likeness (QED) is 0.868. The van der Waals surface area contributed by atoms with Gasteiger partial charge >= 0.3 is 5.97 Å². The third-order valence-corrected chi connectivity index (χ3v) is 2.53. The molecule has 1 aromatic heterocycles. The van der Waals surface area contributed by atoms with Crippen molar-refractivity contribution in [3.8, 4) is 5.69 Å². The Balaban J connectivity index is 2.47. The van der Waals surface area contributed by atoms with Crippen LogP contribution in [0.5, 0.6) is 0 Å². The average molecular weight is 253 g/mol. The molecule has 0 spiro atoms. The van der Waals surface area contributed by atoms with E-state index in [9.17, 15) is 9.59 Å².